The van der Waals surface area contributed by atoms with E-state index in [0.29, 0.717) is 13.2 Å². The van der Waals surface area contributed by atoms with E-state index in [1.165, 1.54) is 0 Å². The van der Waals surface area contributed by atoms with Crippen molar-refractivity contribution in [3.05, 3.63) is 251 Å². The molecule has 2 saturated heterocycles. The van der Waals surface area contributed by atoms with E-state index in [0.717, 1.165) is 38.9 Å². The minimum Gasteiger partial charge on any atom is -0.374 e. The molecule has 11 heteroatoms. The van der Waals surface area contributed by atoms with Crippen LogP contribution in [0, 0.1) is 0 Å². The molecule has 7 aromatic rings. The Morgan fingerprint density at radius 3 is 0.890 bits per heavy atom. The molecule has 11 nitrogen and oxygen atoms in total. The van der Waals surface area contributed by atoms with Crippen molar-refractivity contribution in [2.24, 2.45) is 0 Å². The van der Waals surface area contributed by atoms with Crippen LogP contribution in [0.2, 0.25) is 0 Å². The lowest BCUT2D eigenvalue weighted by Gasteiger charge is -2.50. The van der Waals surface area contributed by atoms with E-state index in [1.807, 2.05) is 212 Å². The standard InChI is InChI=1S/C62H66O11/c1-63-61-59(69-42-51-33-19-7-20-34-51)58(68-41-50-31-17-6-18-32-50)56(54(71-61)45-65-38-47-25-11-3-12-26-47)73-62-60(70-43-52-35-21-8-22-36-52)57(67-40-49-29-15-5-16-30-49)55(66-39-48-27-13-4-14-28-48)53(72-62)44-64-37-46-23-9-2-10-24-46/h2-36,53-62H,37-45H2,1H3/t53-,54-,55-,56-,57+,58+,59+,60-,61+,62?/m1/s1. The minimum atomic E-state index is -1.09. The summed E-state index contributed by atoms with van der Waals surface area (Å²) in [5.74, 6) is 0. The minimum absolute atomic E-state index is 0.124. The van der Waals surface area contributed by atoms with Crippen LogP contribution in [-0.2, 0) is 98.4 Å². The molecule has 10 atom stereocenters. The first-order valence-electron chi connectivity index (χ1n) is 25.2. The van der Waals surface area contributed by atoms with Crippen molar-refractivity contribution in [2.45, 2.75) is 108 Å². The summed E-state index contributed by atoms with van der Waals surface area (Å²) < 4.78 is 75.9. The second-order valence-electron chi connectivity index (χ2n) is 18.2. The highest BCUT2D eigenvalue weighted by Gasteiger charge is 2.54. The molecule has 0 aliphatic carbocycles. The van der Waals surface area contributed by atoms with Gasteiger partial charge in [-0.3, -0.25) is 0 Å². The first-order valence-corrected chi connectivity index (χ1v) is 25.2. The van der Waals surface area contributed by atoms with Crippen LogP contribution in [-0.4, -0.2) is 81.7 Å². The molecule has 2 aliphatic heterocycles. The highest BCUT2D eigenvalue weighted by Crippen LogP contribution is 2.37. The summed E-state index contributed by atoms with van der Waals surface area (Å²) in [7, 11) is 1.61. The molecule has 380 valence electrons. The number of methoxy groups -OCH3 is 1. The van der Waals surface area contributed by atoms with Crippen molar-refractivity contribution in [1.29, 1.82) is 0 Å². The average molecular weight is 987 g/mol. The Bertz CT molecular complexity index is 2560. The van der Waals surface area contributed by atoms with E-state index in [1.54, 1.807) is 7.11 Å². The van der Waals surface area contributed by atoms with Gasteiger partial charge >= 0.3 is 0 Å². The van der Waals surface area contributed by atoms with Crippen LogP contribution in [0.1, 0.15) is 38.9 Å². The van der Waals surface area contributed by atoms with Crippen LogP contribution >= 0.6 is 0 Å². The number of hydrogen-bond donors (Lipinski definition) is 0. The molecule has 0 bridgehead atoms. The van der Waals surface area contributed by atoms with Crippen LogP contribution < -0.4 is 0 Å². The molecule has 2 fully saturated rings. The molecule has 0 spiro atoms. The fourth-order valence-electron chi connectivity index (χ4n) is 9.14. The molecular formula is C62H66O11. The first kappa shape index (κ1) is 52.0. The third kappa shape index (κ3) is 15.3. The van der Waals surface area contributed by atoms with Crippen molar-refractivity contribution in [2.75, 3.05) is 20.3 Å². The zero-order chi connectivity index (χ0) is 49.7. The van der Waals surface area contributed by atoms with Gasteiger partial charge in [-0.05, 0) is 38.9 Å². The molecular weight excluding hydrogens is 921 g/mol. The normalized spacial score (nSPS) is 24.0. The Balaban J connectivity index is 1.11. The first-order chi connectivity index (χ1) is 36.2. The van der Waals surface area contributed by atoms with Crippen molar-refractivity contribution < 1.29 is 52.1 Å². The number of rotatable bonds is 26. The zero-order valence-electron chi connectivity index (χ0n) is 41.3. The van der Waals surface area contributed by atoms with Crippen LogP contribution in [0.3, 0.4) is 0 Å². The molecule has 0 radical (unpaired) electrons. The van der Waals surface area contributed by atoms with Gasteiger partial charge in [0.05, 0.1) is 59.5 Å². The van der Waals surface area contributed by atoms with Crippen molar-refractivity contribution in [3.8, 4) is 0 Å². The Labute approximate surface area is 429 Å². The summed E-state index contributed by atoms with van der Waals surface area (Å²) in [5.41, 5.74) is 6.95. The third-order valence-corrected chi connectivity index (χ3v) is 12.9. The summed E-state index contributed by atoms with van der Waals surface area (Å²) in [6.07, 6.45) is -8.10. The Hall–Kier alpha value is -5.90. The van der Waals surface area contributed by atoms with Crippen molar-refractivity contribution >= 4 is 0 Å². The molecule has 9 rings (SSSR count). The lowest BCUT2D eigenvalue weighted by Crippen LogP contribution is -2.66. The van der Waals surface area contributed by atoms with Crippen molar-refractivity contribution in [1.82, 2.24) is 0 Å². The topological polar surface area (TPSA) is 102 Å². The SMILES string of the molecule is CO[C@H]1O[C@H](COCc2ccccc2)[C@@H](OC2O[C@H](COCc3ccccc3)[C@@H](OCc3ccccc3)[C@H](OCc3ccccc3)[C@H]2OCc2ccccc2)[C@H](OCc2ccccc2)[C@@H]1OCc1ccccc1. The third-order valence-electron chi connectivity index (χ3n) is 12.9. The maximum atomic E-state index is 7.51. The maximum absolute atomic E-state index is 7.51. The number of hydrogen-bond acceptors (Lipinski definition) is 11. The van der Waals surface area contributed by atoms with Gasteiger partial charge in [0.25, 0.3) is 0 Å². The summed E-state index contributed by atoms with van der Waals surface area (Å²) in [6, 6.07) is 70.4. The average Bonchev–Trinajstić information content (AvgIpc) is 3.45. The molecule has 0 amide bonds. The Kier molecular flexibility index (Phi) is 19.9. The van der Waals surface area contributed by atoms with Gasteiger partial charge in [-0.25, -0.2) is 0 Å². The largest absolute Gasteiger partial charge is 0.374 e. The Morgan fingerprint density at radius 1 is 0.288 bits per heavy atom. The zero-order valence-corrected chi connectivity index (χ0v) is 41.3. The smallest absolute Gasteiger partial charge is 0.187 e. The van der Waals surface area contributed by atoms with Crippen LogP contribution in [0.15, 0.2) is 212 Å². The summed E-state index contributed by atoms with van der Waals surface area (Å²) >= 11 is 0. The summed E-state index contributed by atoms with van der Waals surface area (Å²) in [5, 5.41) is 0. The molecule has 0 saturated carbocycles. The van der Waals surface area contributed by atoms with Gasteiger partial charge in [0.1, 0.15) is 48.8 Å². The van der Waals surface area contributed by atoms with E-state index in [2.05, 4.69) is 0 Å². The maximum Gasteiger partial charge on any atom is 0.187 e. The Morgan fingerprint density at radius 2 is 0.548 bits per heavy atom. The van der Waals surface area contributed by atoms with E-state index < -0.39 is 61.4 Å². The highest BCUT2D eigenvalue weighted by molar-refractivity contribution is 5.19. The lowest BCUT2D eigenvalue weighted by atomic mass is 9.95. The summed E-state index contributed by atoms with van der Waals surface area (Å²) in [4.78, 5) is 0. The van der Waals surface area contributed by atoms with Crippen molar-refractivity contribution in [3.63, 3.8) is 0 Å². The monoisotopic (exact) mass is 986 g/mol. The number of benzene rings is 7. The van der Waals surface area contributed by atoms with E-state index >= 15 is 0 Å². The molecule has 2 heterocycles. The fraction of sp³-hybridized carbons (Fsp3) is 0.323. The van der Waals surface area contributed by atoms with E-state index in [4.69, 9.17) is 52.1 Å². The van der Waals surface area contributed by atoms with Gasteiger partial charge in [0.15, 0.2) is 12.6 Å². The highest BCUT2D eigenvalue weighted by atomic mass is 16.8. The second-order valence-corrected chi connectivity index (χ2v) is 18.2. The quantitative estimate of drug-likeness (QED) is 0.0518. The predicted molar refractivity (Wildman–Crippen MR) is 276 cm³/mol. The van der Waals surface area contributed by atoms with E-state index in [-0.39, 0.29) is 46.2 Å². The van der Waals surface area contributed by atoms with Gasteiger partial charge in [-0.2, -0.15) is 0 Å². The van der Waals surface area contributed by atoms with Crippen LogP contribution in [0.4, 0.5) is 0 Å². The second kappa shape index (κ2) is 28.0. The van der Waals surface area contributed by atoms with Crippen LogP contribution in [0.5, 0.6) is 0 Å². The van der Waals surface area contributed by atoms with Gasteiger partial charge in [0, 0.05) is 7.11 Å². The fourth-order valence-corrected chi connectivity index (χ4v) is 9.14. The molecule has 7 aromatic carbocycles. The van der Waals surface area contributed by atoms with Gasteiger partial charge < -0.3 is 52.1 Å². The molecule has 0 N–H and O–H groups in total. The molecule has 1 unspecified atom stereocenters. The predicted octanol–water partition coefficient (Wildman–Crippen LogP) is 10.8. The van der Waals surface area contributed by atoms with Crippen LogP contribution in [0.25, 0.3) is 0 Å². The lowest BCUT2D eigenvalue weighted by molar-refractivity contribution is -0.376. The summed E-state index contributed by atoms with van der Waals surface area (Å²) in [6.45, 7) is 2.27. The molecule has 73 heavy (non-hydrogen) atoms. The van der Waals surface area contributed by atoms with E-state index in [9.17, 15) is 0 Å². The molecule has 2 aliphatic rings. The molecule has 0 aromatic heterocycles. The number of ether oxygens (including phenoxy) is 11. The van der Waals surface area contributed by atoms with Gasteiger partial charge in [-0.1, -0.05) is 212 Å². The van der Waals surface area contributed by atoms with Gasteiger partial charge in [0.2, 0.25) is 0 Å². The van der Waals surface area contributed by atoms with Gasteiger partial charge in [-0.15, -0.1) is 0 Å².